The van der Waals surface area contributed by atoms with Gasteiger partial charge >= 0.3 is 0 Å². The first-order valence-corrected chi connectivity index (χ1v) is 7.02. The third-order valence-electron chi connectivity index (χ3n) is 3.24. The Hall–Kier alpha value is -3.22. The van der Waals surface area contributed by atoms with Crippen LogP contribution in [0, 0.1) is 0 Å². The Labute approximate surface area is 132 Å². The summed E-state index contributed by atoms with van der Waals surface area (Å²) in [7, 11) is 1.56. The second-order valence-corrected chi connectivity index (χ2v) is 4.77. The monoisotopic (exact) mass is 309 g/mol. The number of carbonyl (C=O) groups is 1. The average Bonchev–Trinajstić information content (AvgIpc) is 3.04. The summed E-state index contributed by atoms with van der Waals surface area (Å²) in [5.41, 5.74) is 1.46. The van der Waals surface area contributed by atoms with Gasteiger partial charge in [-0.1, -0.05) is 42.5 Å². The Balaban J connectivity index is 1.76. The van der Waals surface area contributed by atoms with Gasteiger partial charge in [-0.05, 0) is 22.6 Å². The van der Waals surface area contributed by atoms with Crippen LogP contribution in [0.5, 0.6) is 5.75 Å². The van der Waals surface area contributed by atoms with E-state index in [0.717, 1.165) is 5.56 Å². The molecular formula is C16H15N5O2. The van der Waals surface area contributed by atoms with Gasteiger partial charge in [-0.2, -0.15) is 0 Å². The molecular weight excluding hydrogens is 294 g/mol. The number of amides is 1. The minimum absolute atomic E-state index is 0.00920. The Morgan fingerprint density at radius 1 is 1.13 bits per heavy atom. The first kappa shape index (κ1) is 14.7. The van der Waals surface area contributed by atoms with Crippen LogP contribution in [0.1, 0.15) is 0 Å². The van der Waals surface area contributed by atoms with Gasteiger partial charge in [-0.25, -0.2) is 4.68 Å². The fourth-order valence-corrected chi connectivity index (χ4v) is 2.18. The number of benzene rings is 2. The zero-order valence-corrected chi connectivity index (χ0v) is 12.5. The van der Waals surface area contributed by atoms with Crippen LogP contribution in [0.4, 0.5) is 5.69 Å². The second kappa shape index (κ2) is 6.69. The summed E-state index contributed by atoms with van der Waals surface area (Å²) in [6, 6.07) is 16.7. The van der Waals surface area contributed by atoms with Gasteiger partial charge in [0.2, 0.25) is 5.91 Å². The molecule has 0 aliphatic rings. The van der Waals surface area contributed by atoms with Gasteiger partial charge in [0.05, 0.1) is 12.8 Å². The van der Waals surface area contributed by atoms with E-state index in [-0.39, 0.29) is 12.5 Å². The maximum absolute atomic E-state index is 12.2. The zero-order chi connectivity index (χ0) is 16.1. The highest BCUT2D eigenvalue weighted by atomic mass is 16.5. The molecule has 0 unspecified atom stereocenters. The van der Waals surface area contributed by atoms with Crippen LogP contribution in [-0.2, 0) is 11.3 Å². The van der Waals surface area contributed by atoms with Crippen LogP contribution in [0.2, 0.25) is 0 Å². The van der Waals surface area contributed by atoms with Crippen molar-refractivity contribution in [2.24, 2.45) is 0 Å². The van der Waals surface area contributed by atoms with Crippen LogP contribution in [-0.4, -0.2) is 33.2 Å². The molecule has 0 bridgehead atoms. The molecule has 7 nitrogen and oxygen atoms in total. The molecule has 1 heterocycles. The fourth-order valence-electron chi connectivity index (χ4n) is 2.18. The van der Waals surface area contributed by atoms with Crippen molar-refractivity contribution in [2.45, 2.75) is 6.54 Å². The zero-order valence-electron chi connectivity index (χ0n) is 12.5. The summed E-state index contributed by atoms with van der Waals surface area (Å²) in [4.78, 5) is 12.2. The Morgan fingerprint density at radius 2 is 1.87 bits per heavy atom. The number of hydrogen-bond acceptors (Lipinski definition) is 5. The van der Waals surface area contributed by atoms with E-state index in [1.807, 2.05) is 42.5 Å². The predicted octanol–water partition coefficient (Wildman–Crippen LogP) is 1.99. The van der Waals surface area contributed by atoms with Crippen molar-refractivity contribution >= 4 is 11.6 Å². The number of nitrogens with zero attached hydrogens (tertiary/aromatic N) is 4. The molecule has 3 rings (SSSR count). The van der Waals surface area contributed by atoms with Crippen LogP contribution in [0.25, 0.3) is 11.4 Å². The highest BCUT2D eigenvalue weighted by Crippen LogP contribution is 2.23. The van der Waals surface area contributed by atoms with E-state index in [1.165, 1.54) is 4.68 Å². The number of para-hydroxylation sites is 2. The molecule has 7 heteroatoms. The molecule has 1 N–H and O–H groups in total. The van der Waals surface area contributed by atoms with E-state index in [2.05, 4.69) is 20.8 Å². The lowest BCUT2D eigenvalue weighted by molar-refractivity contribution is -0.116. The fraction of sp³-hybridized carbons (Fsp3) is 0.125. The molecule has 0 fully saturated rings. The third kappa shape index (κ3) is 3.34. The SMILES string of the molecule is COc1ccccc1NC(=O)Cn1nnnc1-c1ccccc1. The van der Waals surface area contributed by atoms with Crippen molar-refractivity contribution in [1.29, 1.82) is 0 Å². The Morgan fingerprint density at radius 3 is 2.65 bits per heavy atom. The highest BCUT2D eigenvalue weighted by Gasteiger charge is 2.13. The molecule has 0 aliphatic heterocycles. The summed E-state index contributed by atoms with van der Waals surface area (Å²) < 4.78 is 6.67. The summed E-state index contributed by atoms with van der Waals surface area (Å²) in [6.07, 6.45) is 0. The van der Waals surface area contributed by atoms with E-state index >= 15 is 0 Å². The highest BCUT2D eigenvalue weighted by molar-refractivity contribution is 5.92. The molecule has 2 aromatic carbocycles. The lowest BCUT2D eigenvalue weighted by atomic mass is 10.2. The number of methoxy groups -OCH3 is 1. The van der Waals surface area contributed by atoms with Gasteiger partial charge in [0.25, 0.3) is 0 Å². The van der Waals surface area contributed by atoms with Crippen molar-refractivity contribution in [2.75, 3.05) is 12.4 Å². The second-order valence-electron chi connectivity index (χ2n) is 4.77. The van der Waals surface area contributed by atoms with Crippen molar-refractivity contribution in [3.63, 3.8) is 0 Å². The van der Waals surface area contributed by atoms with Gasteiger partial charge in [-0.15, -0.1) is 5.10 Å². The van der Waals surface area contributed by atoms with Crippen LogP contribution < -0.4 is 10.1 Å². The van der Waals surface area contributed by atoms with Crippen molar-refractivity contribution in [1.82, 2.24) is 20.2 Å². The minimum atomic E-state index is -0.237. The van der Waals surface area contributed by atoms with Crippen molar-refractivity contribution in [3.05, 3.63) is 54.6 Å². The van der Waals surface area contributed by atoms with E-state index in [9.17, 15) is 4.79 Å². The Kier molecular flexibility index (Phi) is 4.28. The number of tetrazole rings is 1. The lowest BCUT2D eigenvalue weighted by Gasteiger charge is -2.10. The molecule has 3 aromatic rings. The lowest BCUT2D eigenvalue weighted by Crippen LogP contribution is -2.20. The number of ether oxygens (including phenoxy) is 1. The molecule has 23 heavy (non-hydrogen) atoms. The number of anilines is 1. The van der Waals surface area contributed by atoms with Crippen molar-refractivity contribution in [3.8, 4) is 17.1 Å². The minimum Gasteiger partial charge on any atom is -0.495 e. The summed E-state index contributed by atoms with van der Waals surface area (Å²) in [6.45, 7) is 0.00920. The Bertz CT molecular complexity index is 801. The van der Waals surface area contributed by atoms with Crippen LogP contribution >= 0.6 is 0 Å². The maximum Gasteiger partial charge on any atom is 0.246 e. The number of aromatic nitrogens is 4. The smallest absolute Gasteiger partial charge is 0.246 e. The van der Waals surface area contributed by atoms with E-state index in [1.54, 1.807) is 19.2 Å². The number of rotatable bonds is 5. The van der Waals surface area contributed by atoms with Crippen LogP contribution in [0.3, 0.4) is 0 Å². The number of nitrogens with one attached hydrogen (secondary N) is 1. The standard InChI is InChI=1S/C16H15N5O2/c1-23-14-10-6-5-9-13(14)17-15(22)11-21-16(18-19-20-21)12-7-3-2-4-8-12/h2-10H,11H2,1H3,(H,17,22). The van der Waals surface area contributed by atoms with Crippen molar-refractivity contribution < 1.29 is 9.53 Å². The molecule has 0 saturated heterocycles. The summed E-state index contributed by atoms with van der Waals surface area (Å²) in [5.74, 6) is 0.903. The summed E-state index contributed by atoms with van der Waals surface area (Å²) in [5, 5.41) is 14.3. The largest absolute Gasteiger partial charge is 0.495 e. The topological polar surface area (TPSA) is 81.9 Å². The van der Waals surface area contributed by atoms with Gasteiger partial charge in [-0.3, -0.25) is 4.79 Å². The maximum atomic E-state index is 12.2. The van der Waals surface area contributed by atoms with Gasteiger partial charge in [0, 0.05) is 5.56 Å². The molecule has 0 spiro atoms. The first-order valence-electron chi connectivity index (χ1n) is 7.02. The van der Waals surface area contributed by atoms with E-state index in [4.69, 9.17) is 4.74 Å². The van der Waals surface area contributed by atoms with Gasteiger partial charge < -0.3 is 10.1 Å². The predicted molar refractivity (Wildman–Crippen MR) is 84.9 cm³/mol. The summed E-state index contributed by atoms with van der Waals surface area (Å²) >= 11 is 0. The van der Waals surface area contributed by atoms with Crippen LogP contribution in [0.15, 0.2) is 54.6 Å². The number of hydrogen-bond donors (Lipinski definition) is 1. The van der Waals surface area contributed by atoms with E-state index in [0.29, 0.717) is 17.3 Å². The first-order chi connectivity index (χ1) is 11.3. The van der Waals surface area contributed by atoms with Gasteiger partial charge in [0.15, 0.2) is 5.82 Å². The van der Waals surface area contributed by atoms with Gasteiger partial charge in [0.1, 0.15) is 12.3 Å². The average molecular weight is 309 g/mol. The molecule has 0 radical (unpaired) electrons. The number of carbonyl (C=O) groups excluding carboxylic acids is 1. The van der Waals surface area contributed by atoms with E-state index < -0.39 is 0 Å². The molecule has 1 aromatic heterocycles. The molecule has 1 amide bonds. The molecule has 0 saturated carbocycles. The molecule has 116 valence electrons. The normalized spacial score (nSPS) is 10.3. The molecule has 0 aliphatic carbocycles. The molecule has 0 atom stereocenters. The third-order valence-corrected chi connectivity index (χ3v) is 3.24. The quantitative estimate of drug-likeness (QED) is 0.779.